The van der Waals surface area contributed by atoms with Crippen LogP contribution in [0.25, 0.3) is 11.3 Å². The molecule has 1 atom stereocenters. The van der Waals surface area contributed by atoms with E-state index in [2.05, 4.69) is 10.2 Å². The van der Waals surface area contributed by atoms with E-state index in [1.165, 1.54) is 0 Å². The fourth-order valence-corrected chi connectivity index (χ4v) is 3.55. The Morgan fingerprint density at radius 1 is 1.11 bits per heavy atom. The second-order valence-corrected chi connectivity index (χ2v) is 6.39. The molecule has 2 aliphatic rings. The number of hydrogen-bond acceptors (Lipinski definition) is 6. The van der Waals surface area contributed by atoms with Crippen LogP contribution in [0.3, 0.4) is 0 Å². The summed E-state index contributed by atoms with van der Waals surface area (Å²) >= 11 is 0. The maximum atomic E-state index is 12.1. The monoisotopic (exact) mass is 364 g/mol. The molecule has 2 aliphatic heterocycles. The number of aromatic nitrogens is 2. The van der Waals surface area contributed by atoms with Crippen LogP contribution in [0.5, 0.6) is 23.1 Å². The number of methoxy groups -OCH3 is 1. The highest BCUT2D eigenvalue weighted by Crippen LogP contribution is 2.45. The van der Waals surface area contributed by atoms with Gasteiger partial charge in [0.15, 0.2) is 11.5 Å². The predicted molar refractivity (Wildman–Crippen MR) is 95.2 cm³/mol. The van der Waals surface area contributed by atoms with Crippen LogP contribution >= 0.6 is 0 Å². The van der Waals surface area contributed by atoms with Crippen LogP contribution < -0.4 is 18.9 Å². The Bertz CT molecular complexity index is 1030. The lowest BCUT2D eigenvalue weighted by Gasteiger charge is -2.22. The van der Waals surface area contributed by atoms with Crippen molar-refractivity contribution in [2.24, 2.45) is 0 Å². The van der Waals surface area contributed by atoms with E-state index >= 15 is 0 Å². The highest BCUT2D eigenvalue weighted by atomic mass is 16.7. The molecule has 1 unspecified atom stereocenters. The maximum absolute atomic E-state index is 12.1. The predicted octanol–water partition coefficient (Wildman–Crippen LogP) is 3.26. The van der Waals surface area contributed by atoms with Crippen molar-refractivity contribution in [1.29, 1.82) is 0 Å². The largest absolute Gasteiger partial charge is 0.497 e. The first kappa shape index (κ1) is 15.7. The molecule has 1 aromatic heterocycles. The molecule has 136 valence electrons. The van der Waals surface area contributed by atoms with Crippen molar-refractivity contribution >= 4 is 5.97 Å². The van der Waals surface area contributed by atoms with Crippen molar-refractivity contribution in [3.05, 3.63) is 53.6 Å². The molecule has 0 spiro atoms. The molecule has 3 heterocycles. The smallest absolute Gasteiger partial charge is 0.313 e. The van der Waals surface area contributed by atoms with Crippen LogP contribution in [-0.4, -0.2) is 30.1 Å². The lowest BCUT2D eigenvalue weighted by molar-refractivity contribution is -0.135. The first-order valence-corrected chi connectivity index (χ1v) is 8.56. The van der Waals surface area contributed by atoms with Gasteiger partial charge in [0.2, 0.25) is 12.7 Å². The Morgan fingerprint density at radius 2 is 1.93 bits per heavy atom. The second kappa shape index (κ2) is 6.05. The Balaban J connectivity index is 1.61. The van der Waals surface area contributed by atoms with Crippen LogP contribution in [0.1, 0.15) is 23.5 Å². The Hall–Kier alpha value is -3.48. The highest BCUT2D eigenvalue weighted by Gasteiger charge is 2.34. The van der Waals surface area contributed by atoms with Gasteiger partial charge in [-0.2, -0.15) is 0 Å². The molecule has 0 saturated carbocycles. The van der Waals surface area contributed by atoms with Crippen molar-refractivity contribution in [3.63, 3.8) is 0 Å². The Labute approximate surface area is 154 Å². The molecule has 0 saturated heterocycles. The molecule has 0 fully saturated rings. The maximum Gasteiger partial charge on any atom is 0.313 e. The first-order valence-electron chi connectivity index (χ1n) is 8.56. The third-order valence-electron chi connectivity index (χ3n) is 4.88. The second-order valence-electron chi connectivity index (χ2n) is 6.39. The SMILES string of the molecule is COc1ccc(-c2[nH]nc3c2C(c2ccc4c(c2)OCO4)CC(=O)O3)cc1. The molecule has 7 nitrogen and oxygen atoms in total. The molecule has 7 heteroatoms. The van der Waals surface area contributed by atoms with E-state index < -0.39 is 0 Å². The van der Waals surface area contributed by atoms with Crippen molar-refractivity contribution in [1.82, 2.24) is 10.2 Å². The van der Waals surface area contributed by atoms with Crippen molar-refractivity contribution in [3.8, 4) is 34.4 Å². The van der Waals surface area contributed by atoms with Crippen LogP contribution in [0, 0.1) is 0 Å². The summed E-state index contributed by atoms with van der Waals surface area (Å²) in [7, 11) is 1.63. The van der Waals surface area contributed by atoms with E-state index in [0.29, 0.717) is 17.4 Å². The minimum Gasteiger partial charge on any atom is -0.497 e. The van der Waals surface area contributed by atoms with E-state index in [0.717, 1.165) is 28.1 Å². The summed E-state index contributed by atoms with van der Waals surface area (Å²) in [5.74, 6) is 1.98. The number of esters is 1. The molecule has 1 N–H and O–H groups in total. The van der Waals surface area contributed by atoms with Gasteiger partial charge in [0, 0.05) is 11.5 Å². The first-order chi connectivity index (χ1) is 13.2. The summed E-state index contributed by atoms with van der Waals surface area (Å²) in [6, 6.07) is 13.4. The summed E-state index contributed by atoms with van der Waals surface area (Å²) in [5.41, 5.74) is 3.57. The fourth-order valence-electron chi connectivity index (χ4n) is 3.55. The molecule has 27 heavy (non-hydrogen) atoms. The number of carbonyl (C=O) groups excluding carboxylic acids is 1. The number of nitrogens with one attached hydrogen (secondary N) is 1. The Morgan fingerprint density at radius 3 is 2.74 bits per heavy atom. The fraction of sp³-hybridized carbons (Fsp3) is 0.200. The number of carbonyl (C=O) groups is 1. The standard InChI is InChI=1S/C20H16N2O5/c1-24-13-5-2-11(3-6-13)19-18-14(9-17(23)27-20(18)22-21-19)12-4-7-15-16(8-12)26-10-25-15/h2-8,14H,9-10H2,1H3,(H,21,22). The minimum absolute atomic E-state index is 0.188. The van der Waals surface area contributed by atoms with E-state index in [1.54, 1.807) is 7.11 Å². The van der Waals surface area contributed by atoms with Gasteiger partial charge >= 0.3 is 5.97 Å². The van der Waals surface area contributed by atoms with Gasteiger partial charge in [-0.25, -0.2) is 0 Å². The van der Waals surface area contributed by atoms with Crippen LogP contribution in [0.4, 0.5) is 0 Å². The number of aromatic amines is 1. The summed E-state index contributed by atoms with van der Waals surface area (Å²) in [5, 5.41) is 7.24. The van der Waals surface area contributed by atoms with E-state index in [9.17, 15) is 4.79 Å². The molecule has 0 radical (unpaired) electrons. The number of rotatable bonds is 3. The summed E-state index contributed by atoms with van der Waals surface area (Å²) in [6.07, 6.45) is 0.231. The van der Waals surface area contributed by atoms with Gasteiger partial charge in [0.25, 0.3) is 0 Å². The van der Waals surface area contributed by atoms with Gasteiger partial charge in [0.05, 0.1) is 24.8 Å². The normalized spacial score (nSPS) is 17.4. The molecular weight excluding hydrogens is 348 g/mol. The average molecular weight is 364 g/mol. The number of benzene rings is 2. The van der Waals surface area contributed by atoms with Crippen LogP contribution in [0.15, 0.2) is 42.5 Å². The lowest BCUT2D eigenvalue weighted by atomic mass is 9.85. The number of nitrogens with zero attached hydrogens (tertiary/aromatic N) is 1. The third-order valence-corrected chi connectivity index (χ3v) is 4.88. The summed E-state index contributed by atoms with van der Waals surface area (Å²) in [4.78, 5) is 12.1. The number of hydrogen-bond donors (Lipinski definition) is 1. The zero-order valence-electron chi connectivity index (χ0n) is 14.5. The minimum atomic E-state index is -0.307. The molecule has 0 bridgehead atoms. The van der Waals surface area contributed by atoms with Gasteiger partial charge in [-0.1, -0.05) is 6.07 Å². The van der Waals surface area contributed by atoms with Crippen molar-refractivity contribution < 1.29 is 23.7 Å². The number of fused-ring (bicyclic) bond motifs is 2. The summed E-state index contributed by atoms with van der Waals surface area (Å²) < 4.78 is 21.5. The van der Waals surface area contributed by atoms with Gasteiger partial charge in [-0.15, -0.1) is 5.10 Å². The molecule has 3 aromatic rings. The zero-order valence-corrected chi connectivity index (χ0v) is 14.5. The third kappa shape index (κ3) is 2.59. The van der Waals surface area contributed by atoms with Crippen molar-refractivity contribution in [2.45, 2.75) is 12.3 Å². The van der Waals surface area contributed by atoms with E-state index in [1.807, 2.05) is 42.5 Å². The molecule has 2 aromatic carbocycles. The lowest BCUT2D eigenvalue weighted by Crippen LogP contribution is -2.20. The average Bonchev–Trinajstić information content (AvgIpc) is 3.33. The van der Waals surface area contributed by atoms with Gasteiger partial charge in [0.1, 0.15) is 5.75 Å². The zero-order chi connectivity index (χ0) is 18.4. The Kier molecular flexibility index (Phi) is 3.53. The molecule has 5 rings (SSSR count). The number of H-pyrrole nitrogens is 1. The van der Waals surface area contributed by atoms with Crippen LogP contribution in [0.2, 0.25) is 0 Å². The summed E-state index contributed by atoms with van der Waals surface area (Å²) in [6.45, 7) is 0.208. The van der Waals surface area contributed by atoms with Crippen molar-refractivity contribution in [2.75, 3.05) is 13.9 Å². The quantitative estimate of drug-likeness (QED) is 0.719. The molecule has 0 aliphatic carbocycles. The van der Waals surface area contributed by atoms with E-state index in [4.69, 9.17) is 18.9 Å². The molecular formula is C20H16N2O5. The van der Waals surface area contributed by atoms with Gasteiger partial charge < -0.3 is 18.9 Å². The van der Waals surface area contributed by atoms with Crippen LogP contribution in [-0.2, 0) is 4.79 Å². The van der Waals surface area contributed by atoms with Gasteiger partial charge in [-0.05, 0) is 42.0 Å². The van der Waals surface area contributed by atoms with Gasteiger partial charge in [-0.3, -0.25) is 9.89 Å². The van der Waals surface area contributed by atoms with E-state index in [-0.39, 0.29) is 25.1 Å². The topological polar surface area (TPSA) is 82.7 Å². The molecule has 0 amide bonds. The highest BCUT2D eigenvalue weighted by molar-refractivity contribution is 5.80. The number of ether oxygens (including phenoxy) is 4.